The Labute approximate surface area is 133 Å². The van der Waals surface area contributed by atoms with Crippen LogP contribution in [0.2, 0.25) is 0 Å². The highest BCUT2D eigenvalue weighted by Crippen LogP contribution is 2.24. The van der Waals surface area contributed by atoms with Gasteiger partial charge < -0.3 is 15.0 Å². The summed E-state index contributed by atoms with van der Waals surface area (Å²) in [5, 5.41) is 10.5. The van der Waals surface area contributed by atoms with Crippen LogP contribution in [0.25, 0.3) is 0 Å². The van der Waals surface area contributed by atoms with Crippen LogP contribution in [0.5, 0.6) is 0 Å². The maximum Gasteiger partial charge on any atom is 0.307 e. The summed E-state index contributed by atoms with van der Waals surface area (Å²) in [6.07, 6.45) is 1.09. The van der Waals surface area contributed by atoms with Crippen molar-refractivity contribution < 1.29 is 14.3 Å². The second kappa shape index (κ2) is 6.70. The number of aromatic amines is 1. The van der Waals surface area contributed by atoms with Crippen LogP contribution in [-0.2, 0) is 22.5 Å². The highest BCUT2D eigenvalue weighted by atomic mass is 32.2. The third-order valence-electron chi connectivity index (χ3n) is 4.13. The molecule has 0 spiro atoms. The Balaban J connectivity index is 1.79. The number of fused-ring (bicyclic) bond motifs is 1. The summed E-state index contributed by atoms with van der Waals surface area (Å²) in [5.74, 6) is 1.27. The van der Waals surface area contributed by atoms with Gasteiger partial charge in [-0.2, -0.15) is 16.9 Å². The number of ether oxygens (including phenoxy) is 1. The number of rotatable bonds is 3. The van der Waals surface area contributed by atoms with Gasteiger partial charge in [-0.1, -0.05) is 0 Å². The molecule has 2 aliphatic heterocycles. The molecule has 3 rings (SSSR count). The Hall–Kier alpha value is -1.54. The maximum absolute atomic E-state index is 12.9. The first-order valence-electron chi connectivity index (χ1n) is 7.43. The summed E-state index contributed by atoms with van der Waals surface area (Å²) < 4.78 is 4.74. The lowest BCUT2D eigenvalue weighted by Gasteiger charge is -2.34. The molecule has 2 aliphatic rings. The van der Waals surface area contributed by atoms with E-state index in [0.29, 0.717) is 18.8 Å². The van der Waals surface area contributed by atoms with Gasteiger partial charge in [0.25, 0.3) is 5.91 Å². The van der Waals surface area contributed by atoms with Crippen LogP contribution in [0.3, 0.4) is 0 Å². The smallest absolute Gasteiger partial charge is 0.307 e. The van der Waals surface area contributed by atoms with Gasteiger partial charge in [0.2, 0.25) is 0 Å². The number of carbonyl (C=O) groups excluding carboxylic acids is 2. The Bertz CT molecular complexity index is 574. The van der Waals surface area contributed by atoms with Gasteiger partial charge in [-0.05, 0) is 0 Å². The monoisotopic (exact) mass is 324 g/mol. The average molecular weight is 324 g/mol. The number of nitrogens with one attached hydrogen (secondary N) is 2. The van der Waals surface area contributed by atoms with Crippen LogP contribution in [0, 0.1) is 0 Å². The molecule has 1 fully saturated rings. The van der Waals surface area contributed by atoms with Crippen molar-refractivity contribution in [1.82, 2.24) is 20.4 Å². The zero-order valence-electron chi connectivity index (χ0n) is 12.6. The first-order chi connectivity index (χ1) is 10.7. The lowest BCUT2D eigenvalue weighted by Crippen LogP contribution is -2.47. The summed E-state index contributed by atoms with van der Waals surface area (Å²) in [7, 11) is 1.38. The number of thioether (sulfide) groups is 1. The molecular formula is C14H20N4O3S. The molecule has 7 nitrogen and oxygen atoms in total. The van der Waals surface area contributed by atoms with Crippen molar-refractivity contribution in [2.45, 2.75) is 25.4 Å². The number of hydrogen-bond acceptors (Lipinski definition) is 6. The van der Waals surface area contributed by atoms with E-state index in [4.69, 9.17) is 4.74 Å². The van der Waals surface area contributed by atoms with Gasteiger partial charge in [-0.25, -0.2) is 0 Å². The zero-order chi connectivity index (χ0) is 15.5. The Kier molecular flexibility index (Phi) is 4.68. The van der Waals surface area contributed by atoms with E-state index in [1.165, 1.54) is 7.11 Å². The second-order valence-electron chi connectivity index (χ2n) is 5.46. The molecule has 1 atom stereocenters. The van der Waals surface area contributed by atoms with E-state index >= 15 is 0 Å². The molecule has 120 valence electrons. The van der Waals surface area contributed by atoms with Crippen molar-refractivity contribution >= 4 is 23.6 Å². The molecule has 1 amide bonds. The van der Waals surface area contributed by atoms with Crippen molar-refractivity contribution in [3.8, 4) is 0 Å². The lowest BCUT2D eigenvalue weighted by atomic mass is 10.1. The molecule has 0 aromatic carbocycles. The van der Waals surface area contributed by atoms with Crippen molar-refractivity contribution in [2.75, 3.05) is 31.7 Å². The molecule has 0 aliphatic carbocycles. The van der Waals surface area contributed by atoms with E-state index in [-0.39, 0.29) is 24.3 Å². The van der Waals surface area contributed by atoms with Crippen molar-refractivity contribution in [3.05, 3.63) is 17.0 Å². The molecule has 2 N–H and O–H groups in total. The molecule has 0 saturated carbocycles. The van der Waals surface area contributed by atoms with Crippen LogP contribution < -0.4 is 5.32 Å². The largest absolute Gasteiger partial charge is 0.469 e. The number of esters is 1. The molecule has 3 heterocycles. The third kappa shape index (κ3) is 2.98. The molecule has 0 bridgehead atoms. The SMILES string of the molecule is COC(=O)CC1CSCCN1C(=O)c1n[nH]c2c1CNCC2. The predicted molar refractivity (Wildman–Crippen MR) is 82.8 cm³/mol. The lowest BCUT2D eigenvalue weighted by molar-refractivity contribution is -0.141. The number of carbonyl (C=O) groups is 2. The first-order valence-corrected chi connectivity index (χ1v) is 8.58. The number of hydrogen-bond donors (Lipinski definition) is 2. The van der Waals surface area contributed by atoms with Crippen LogP contribution >= 0.6 is 11.8 Å². The van der Waals surface area contributed by atoms with Gasteiger partial charge in [-0.3, -0.25) is 14.7 Å². The molecule has 1 unspecified atom stereocenters. The van der Waals surface area contributed by atoms with Crippen LogP contribution in [0.15, 0.2) is 0 Å². The molecule has 1 aromatic rings. The minimum atomic E-state index is -0.281. The minimum absolute atomic E-state index is 0.0876. The Morgan fingerprint density at radius 2 is 2.36 bits per heavy atom. The van der Waals surface area contributed by atoms with E-state index in [9.17, 15) is 9.59 Å². The summed E-state index contributed by atoms with van der Waals surface area (Å²) >= 11 is 1.76. The second-order valence-corrected chi connectivity index (χ2v) is 6.61. The van der Waals surface area contributed by atoms with E-state index < -0.39 is 0 Å². The summed E-state index contributed by atoms with van der Waals surface area (Å²) in [6.45, 7) is 2.20. The van der Waals surface area contributed by atoms with Gasteiger partial charge in [0, 0.05) is 48.8 Å². The van der Waals surface area contributed by atoms with Gasteiger partial charge in [-0.15, -0.1) is 0 Å². The van der Waals surface area contributed by atoms with Crippen molar-refractivity contribution in [3.63, 3.8) is 0 Å². The fourth-order valence-electron chi connectivity index (χ4n) is 2.91. The molecule has 22 heavy (non-hydrogen) atoms. The van der Waals surface area contributed by atoms with E-state index in [1.54, 1.807) is 16.7 Å². The minimum Gasteiger partial charge on any atom is -0.469 e. The summed E-state index contributed by atoms with van der Waals surface area (Å²) in [5.41, 5.74) is 2.49. The quantitative estimate of drug-likeness (QED) is 0.771. The van der Waals surface area contributed by atoms with Gasteiger partial charge in [0.15, 0.2) is 5.69 Å². The average Bonchev–Trinajstić information content (AvgIpc) is 2.98. The number of amides is 1. The predicted octanol–water partition coefficient (Wildman–Crippen LogP) is 0.176. The zero-order valence-corrected chi connectivity index (χ0v) is 13.4. The maximum atomic E-state index is 12.9. The first kappa shape index (κ1) is 15.4. The van der Waals surface area contributed by atoms with Crippen LogP contribution in [0.1, 0.15) is 28.2 Å². The topological polar surface area (TPSA) is 87.3 Å². The molecular weight excluding hydrogens is 304 g/mol. The number of aromatic nitrogens is 2. The summed E-state index contributed by atoms with van der Waals surface area (Å²) in [4.78, 5) is 26.2. The van der Waals surface area contributed by atoms with E-state index in [0.717, 1.165) is 35.7 Å². The fraction of sp³-hybridized carbons (Fsp3) is 0.643. The molecule has 8 heteroatoms. The molecule has 1 saturated heterocycles. The van der Waals surface area contributed by atoms with Gasteiger partial charge >= 0.3 is 5.97 Å². The summed E-state index contributed by atoms with van der Waals surface area (Å²) in [6, 6.07) is -0.123. The van der Waals surface area contributed by atoms with Crippen molar-refractivity contribution in [2.24, 2.45) is 0 Å². The molecule has 1 aromatic heterocycles. The molecule has 0 radical (unpaired) electrons. The van der Waals surface area contributed by atoms with Crippen molar-refractivity contribution in [1.29, 1.82) is 0 Å². The number of H-pyrrole nitrogens is 1. The van der Waals surface area contributed by atoms with Crippen LogP contribution in [-0.4, -0.2) is 64.7 Å². The third-order valence-corrected chi connectivity index (χ3v) is 5.22. The van der Waals surface area contributed by atoms with Gasteiger partial charge in [0.1, 0.15) is 0 Å². The highest BCUT2D eigenvalue weighted by Gasteiger charge is 2.33. The van der Waals surface area contributed by atoms with Gasteiger partial charge in [0.05, 0.1) is 19.6 Å². The number of nitrogens with zero attached hydrogens (tertiary/aromatic N) is 2. The Morgan fingerprint density at radius 1 is 1.50 bits per heavy atom. The normalized spacial score (nSPS) is 21.3. The van der Waals surface area contributed by atoms with E-state index in [2.05, 4.69) is 15.5 Å². The fourth-order valence-corrected chi connectivity index (χ4v) is 3.97. The standard InChI is InChI=1S/C14H20N4O3S/c1-21-12(19)6-9-8-22-5-4-18(9)14(20)13-10-7-15-3-2-11(10)16-17-13/h9,15H,2-8H2,1H3,(H,16,17). The Morgan fingerprint density at radius 3 is 3.18 bits per heavy atom. The highest BCUT2D eigenvalue weighted by molar-refractivity contribution is 7.99. The van der Waals surface area contributed by atoms with E-state index in [1.807, 2.05) is 0 Å². The number of methoxy groups -OCH3 is 1. The van der Waals surface area contributed by atoms with Crippen LogP contribution in [0.4, 0.5) is 0 Å².